The van der Waals surface area contributed by atoms with E-state index in [1.807, 2.05) is 30.3 Å². The molecule has 0 aliphatic carbocycles. The lowest BCUT2D eigenvalue weighted by atomic mass is 10.2. The van der Waals surface area contributed by atoms with Crippen LogP contribution in [0.4, 0.5) is 0 Å². The summed E-state index contributed by atoms with van der Waals surface area (Å²) in [5.41, 5.74) is 1.15. The van der Waals surface area contributed by atoms with Crippen molar-refractivity contribution in [3.8, 4) is 11.8 Å². The lowest BCUT2D eigenvalue weighted by molar-refractivity contribution is 0.153. The number of rotatable bonds is 4. The molecule has 15 heavy (non-hydrogen) atoms. The minimum absolute atomic E-state index is 0.355. The maximum absolute atomic E-state index is 8.94. The molecular weight excluding hydrogens is 188 g/mol. The van der Waals surface area contributed by atoms with Crippen molar-refractivity contribution in [2.75, 3.05) is 6.61 Å². The Balaban J connectivity index is 2.14. The highest BCUT2D eigenvalue weighted by Crippen LogP contribution is 1.99. The second kappa shape index (κ2) is 7.05. The molecule has 0 aromatic heterocycles. The number of ether oxygens (including phenoxy) is 1. The predicted octanol–water partition coefficient (Wildman–Crippen LogP) is 1.98. The lowest BCUT2D eigenvalue weighted by Gasteiger charge is -1.99. The van der Waals surface area contributed by atoms with Crippen LogP contribution in [0.5, 0.6) is 0 Å². The van der Waals surface area contributed by atoms with Crippen molar-refractivity contribution in [3.63, 3.8) is 0 Å². The van der Waals surface area contributed by atoms with E-state index in [0.717, 1.165) is 5.56 Å². The summed E-state index contributed by atoms with van der Waals surface area (Å²) < 4.78 is 5.35. The average Bonchev–Trinajstić information content (AvgIpc) is 2.24. The number of aliphatic hydroxyl groups is 1. The number of aliphatic hydroxyl groups excluding tert-OH is 1. The molecule has 0 aliphatic heterocycles. The van der Waals surface area contributed by atoms with Crippen LogP contribution in [0.3, 0.4) is 0 Å². The van der Waals surface area contributed by atoms with Crippen LogP contribution in [-0.4, -0.2) is 17.8 Å². The lowest BCUT2D eigenvalue weighted by Crippen LogP contribution is -1.97. The largest absolute Gasteiger partial charge is 0.392 e. The van der Waals surface area contributed by atoms with Gasteiger partial charge in [-0.05, 0) is 12.5 Å². The van der Waals surface area contributed by atoms with Gasteiger partial charge in [-0.2, -0.15) is 0 Å². The van der Waals surface area contributed by atoms with E-state index < -0.39 is 0 Å². The number of hydrogen-bond donors (Lipinski definition) is 1. The van der Waals surface area contributed by atoms with E-state index in [-0.39, 0.29) is 6.10 Å². The molecular formula is C13H16O2. The van der Waals surface area contributed by atoms with E-state index in [4.69, 9.17) is 9.84 Å². The van der Waals surface area contributed by atoms with Gasteiger partial charge in [0.15, 0.2) is 0 Å². The predicted molar refractivity (Wildman–Crippen MR) is 60.2 cm³/mol. The molecule has 2 nitrogen and oxygen atoms in total. The van der Waals surface area contributed by atoms with Gasteiger partial charge in [0.05, 0.1) is 12.7 Å². The normalized spacial score (nSPS) is 11.6. The monoisotopic (exact) mass is 204 g/mol. The fourth-order valence-corrected chi connectivity index (χ4v) is 1.07. The molecule has 0 spiro atoms. The van der Waals surface area contributed by atoms with Crippen LogP contribution in [0.25, 0.3) is 0 Å². The van der Waals surface area contributed by atoms with Gasteiger partial charge in [0.1, 0.15) is 6.61 Å². The van der Waals surface area contributed by atoms with E-state index in [1.165, 1.54) is 0 Å². The summed E-state index contributed by atoms with van der Waals surface area (Å²) in [6.07, 6.45) is 0.154. The fraction of sp³-hybridized carbons (Fsp3) is 0.385. The molecule has 0 aliphatic rings. The zero-order valence-electron chi connectivity index (χ0n) is 8.94. The maximum Gasteiger partial charge on any atom is 0.108 e. The Kier molecular flexibility index (Phi) is 5.54. The highest BCUT2D eigenvalue weighted by Gasteiger charge is 1.90. The van der Waals surface area contributed by atoms with E-state index in [0.29, 0.717) is 19.6 Å². The minimum Gasteiger partial charge on any atom is -0.392 e. The zero-order chi connectivity index (χ0) is 10.9. The SMILES string of the molecule is C[C@@H](O)CC#CCOCc1ccccc1. The molecule has 0 amide bonds. The maximum atomic E-state index is 8.94. The highest BCUT2D eigenvalue weighted by atomic mass is 16.5. The summed E-state index contributed by atoms with van der Waals surface area (Å²) in [4.78, 5) is 0. The van der Waals surface area contributed by atoms with Crippen molar-refractivity contribution in [2.45, 2.75) is 26.1 Å². The number of benzene rings is 1. The van der Waals surface area contributed by atoms with Gasteiger partial charge in [-0.15, -0.1) is 0 Å². The Labute approximate surface area is 90.9 Å². The first kappa shape index (κ1) is 11.8. The summed E-state index contributed by atoms with van der Waals surface area (Å²) in [5.74, 6) is 5.70. The third-order valence-corrected chi connectivity index (χ3v) is 1.81. The van der Waals surface area contributed by atoms with Crippen molar-refractivity contribution in [3.05, 3.63) is 35.9 Å². The summed E-state index contributed by atoms with van der Waals surface area (Å²) in [5, 5.41) is 8.94. The second-order valence-electron chi connectivity index (χ2n) is 3.39. The molecule has 80 valence electrons. The van der Waals surface area contributed by atoms with Gasteiger partial charge in [-0.3, -0.25) is 0 Å². The molecule has 1 atom stereocenters. The molecule has 1 rings (SSSR count). The zero-order valence-corrected chi connectivity index (χ0v) is 8.94. The second-order valence-corrected chi connectivity index (χ2v) is 3.39. The van der Waals surface area contributed by atoms with Gasteiger partial charge >= 0.3 is 0 Å². The van der Waals surface area contributed by atoms with Crippen molar-refractivity contribution >= 4 is 0 Å². The summed E-state index contributed by atoms with van der Waals surface area (Å²) in [7, 11) is 0. The first-order chi connectivity index (χ1) is 7.29. The van der Waals surface area contributed by atoms with E-state index in [9.17, 15) is 0 Å². The minimum atomic E-state index is -0.355. The van der Waals surface area contributed by atoms with Crippen LogP contribution in [0.15, 0.2) is 30.3 Å². The van der Waals surface area contributed by atoms with E-state index >= 15 is 0 Å². The molecule has 1 N–H and O–H groups in total. The van der Waals surface area contributed by atoms with Crippen LogP contribution in [0.1, 0.15) is 18.9 Å². The van der Waals surface area contributed by atoms with Crippen LogP contribution in [-0.2, 0) is 11.3 Å². The summed E-state index contributed by atoms with van der Waals surface area (Å²) in [6.45, 7) is 2.73. The Morgan fingerprint density at radius 2 is 2.00 bits per heavy atom. The van der Waals surface area contributed by atoms with Gasteiger partial charge in [0.2, 0.25) is 0 Å². The average molecular weight is 204 g/mol. The van der Waals surface area contributed by atoms with Crippen molar-refractivity contribution in [2.24, 2.45) is 0 Å². The van der Waals surface area contributed by atoms with Gasteiger partial charge in [0.25, 0.3) is 0 Å². The Bertz CT molecular complexity index is 319. The summed E-state index contributed by atoms with van der Waals surface area (Å²) in [6, 6.07) is 9.98. The highest BCUT2D eigenvalue weighted by molar-refractivity contribution is 5.13. The Hall–Kier alpha value is -1.30. The molecule has 1 aromatic carbocycles. The molecule has 0 radical (unpaired) electrons. The molecule has 0 saturated heterocycles. The van der Waals surface area contributed by atoms with Gasteiger partial charge in [-0.25, -0.2) is 0 Å². The van der Waals surface area contributed by atoms with Crippen LogP contribution in [0.2, 0.25) is 0 Å². The molecule has 0 unspecified atom stereocenters. The van der Waals surface area contributed by atoms with Gasteiger partial charge < -0.3 is 9.84 Å². The molecule has 1 aromatic rings. The Morgan fingerprint density at radius 1 is 1.27 bits per heavy atom. The first-order valence-corrected chi connectivity index (χ1v) is 5.04. The molecule has 2 heteroatoms. The third-order valence-electron chi connectivity index (χ3n) is 1.81. The number of hydrogen-bond acceptors (Lipinski definition) is 2. The third kappa shape index (κ3) is 5.90. The van der Waals surface area contributed by atoms with Crippen molar-refractivity contribution < 1.29 is 9.84 Å². The smallest absolute Gasteiger partial charge is 0.108 e. The molecule has 0 bridgehead atoms. The van der Waals surface area contributed by atoms with Crippen LogP contribution < -0.4 is 0 Å². The molecule has 0 heterocycles. The van der Waals surface area contributed by atoms with Crippen LogP contribution in [0, 0.1) is 11.8 Å². The topological polar surface area (TPSA) is 29.5 Å². The molecule has 0 saturated carbocycles. The van der Waals surface area contributed by atoms with E-state index in [2.05, 4.69) is 11.8 Å². The summed E-state index contributed by atoms with van der Waals surface area (Å²) >= 11 is 0. The van der Waals surface area contributed by atoms with Crippen molar-refractivity contribution in [1.82, 2.24) is 0 Å². The Morgan fingerprint density at radius 3 is 2.67 bits per heavy atom. The first-order valence-electron chi connectivity index (χ1n) is 5.04. The quantitative estimate of drug-likeness (QED) is 0.600. The molecule has 0 fully saturated rings. The van der Waals surface area contributed by atoms with Crippen LogP contribution >= 0.6 is 0 Å². The van der Waals surface area contributed by atoms with Gasteiger partial charge in [0, 0.05) is 6.42 Å². The van der Waals surface area contributed by atoms with Crippen molar-refractivity contribution in [1.29, 1.82) is 0 Å². The van der Waals surface area contributed by atoms with Gasteiger partial charge in [-0.1, -0.05) is 42.2 Å². The standard InChI is InChI=1S/C13H16O2/c1-12(14)7-5-6-10-15-11-13-8-3-2-4-9-13/h2-4,8-9,12,14H,7,10-11H2,1H3/t12-/m1/s1. The van der Waals surface area contributed by atoms with E-state index in [1.54, 1.807) is 6.92 Å². The fourth-order valence-electron chi connectivity index (χ4n) is 1.07.